The molecular formula is C9H11BrClNO2. The average Bonchev–Trinajstić information content (AvgIpc) is 2.20. The van der Waals surface area contributed by atoms with Crippen LogP contribution in [0.5, 0.6) is 0 Å². The maximum absolute atomic E-state index is 9.60. The van der Waals surface area contributed by atoms with Crippen molar-refractivity contribution in [3.8, 4) is 0 Å². The second kappa shape index (κ2) is 5.09. The maximum Gasteiger partial charge on any atom is 0.106 e. The molecule has 0 saturated carbocycles. The minimum absolute atomic E-state index is 0.00878. The molecule has 0 aliphatic heterocycles. The van der Waals surface area contributed by atoms with Gasteiger partial charge in [0.1, 0.15) is 6.10 Å². The van der Waals surface area contributed by atoms with E-state index in [-0.39, 0.29) is 6.54 Å². The molecule has 0 radical (unpaired) electrons. The van der Waals surface area contributed by atoms with E-state index < -0.39 is 12.2 Å². The van der Waals surface area contributed by atoms with Crippen LogP contribution >= 0.6 is 27.5 Å². The van der Waals surface area contributed by atoms with E-state index in [4.69, 9.17) is 17.3 Å². The number of nitrogens with two attached hydrogens (primary N) is 1. The Morgan fingerprint density at radius 3 is 2.57 bits per heavy atom. The topological polar surface area (TPSA) is 66.5 Å². The van der Waals surface area contributed by atoms with Crippen LogP contribution in [0.1, 0.15) is 11.7 Å². The van der Waals surface area contributed by atoms with Crippen molar-refractivity contribution >= 4 is 27.5 Å². The van der Waals surface area contributed by atoms with Gasteiger partial charge in [0.2, 0.25) is 0 Å². The van der Waals surface area contributed by atoms with E-state index in [1.807, 2.05) is 0 Å². The Balaban J connectivity index is 2.91. The summed E-state index contributed by atoms with van der Waals surface area (Å²) in [5, 5.41) is 19.4. The van der Waals surface area contributed by atoms with E-state index in [0.29, 0.717) is 10.6 Å². The highest BCUT2D eigenvalue weighted by atomic mass is 79.9. The van der Waals surface area contributed by atoms with Gasteiger partial charge in [-0.3, -0.25) is 0 Å². The number of halogens is 2. The van der Waals surface area contributed by atoms with Gasteiger partial charge in [-0.05, 0) is 33.6 Å². The molecule has 14 heavy (non-hydrogen) atoms. The van der Waals surface area contributed by atoms with Crippen molar-refractivity contribution < 1.29 is 10.2 Å². The molecule has 3 nitrogen and oxygen atoms in total. The Morgan fingerprint density at radius 2 is 2.07 bits per heavy atom. The lowest BCUT2D eigenvalue weighted by atomic mass is 10.0. The minimum Gasteiger partial charge on any atom is -0.389 e. The number of hydrogen-bond donors (Lipinski definition) is 3. The van der Waals surface area contributed by atoms with Crippen LogP contribution in [-0.2, 0) is 0 Å². The monoisotopic (exact) mass is 279 g/mol. The predicted molar refractivity (Wildman–Crippen MR) is 59.2 cm³/mol. The number of hydrogen-bond acceptors (Lipinski definition) is 3. The van der Waals surface area contributed by atoms with Crippen LogP contribution in [0.2, 0.25) is 5.02 Å². The summed E-state index contributed by atoms with van der Waals surface area (Å²) in [5.41, 5.74) is 5.78. The summed E-state index contributed by atoms with van der Waals surface area (Å²) in [6.45, 7) is 0.00878. The molecule has 0 amide bonds. The fraction of sp³-hybridized carbons (Fsp3) is 0.333. The van der Waals surface area contributed by atoms with Gasteiger partial charge in [0.25, 0.3) is 0 Å². The zero-order valence-electron chi connectivity index (χ0n) is 7.32. The lowest BCUT2D eigenvalue weighted by molar-refractivity contribution is 0.0243. The molecule has 0 heterocycles. The highest BCUT2D eigenvalue weighted by Crippen LogP contribution is 2.27. The van der Waals surface area contributed by atoms with Gasteiger partial charge in [-0.2, -0.15) is 0 Å². The lowest BCUT2D eigenvalue weighted by Crippen LogP contribution is -2.27. The van der Waals surface area contributed by atoms with Gasteiger partial charge in [0, 0.05) is 11.0 Å². The Bertz CT molecular complexity index is 322. The Labute approximate surface area is 95.6 Å². The van der Waals surface area contributed by atoms with Gasteiger partial charge >= 0.3 is 0 Å². The first kappa shape index (κ1) is 11.9. The highest BCUT2D eigenvalue weighted by molar-refractivity contribution is 9.10. The Morgan fingerprint density at radius 1 is 1.43 bits per heavy atom. The summed E-state index contributed by atoms with van der Waals surface area (Å²) >= 11 is 9.07. The van der Waals surface area contributed by atoms with Gasteiger partial charge in [-0.25, -0.2) is 0 Å². The van der Waals surface area contributed by atoms with Crippen molar-refractivity contribution in [2.24, 2.45) is 5.73 Å². The summed E-state index contributed by atoms with van der Waals surface area (Å²) in [6, 6.07) is 4.98. The van der Waals surface area contributed by atoms with E-state index in [9.17, 15) is 10.2 Å². The summed E-state index contributed by atoms with van der Waals surface area (Å²) in [6.07, 6.45) is -1.96. The lowest BCUT2D eigenvalue weighted by Gasteiger charge is -2.16. The quantitative estimate of drug-likeness (QED) is 0.785. The third-order valence-electron chi connectivity index (χ3n) is 1.89. The van der Waals surface area contributed by atoms with Gasteiger partial charge in [0.15, 0.2) is 0 Å². The average molecular weight is 281 g/mol. The first-order valence-corrected chi connectivity index (χ1v) is 5.24. The SMILES string of the molecule is NCC(O)C(O)c1ccc(Br)c(Cl)c1. The van der Waals surface area contributed by atoms with Crippen molar-refractivity contribution in [1.82, 2.24) is 0 Å². The summed E-state index contributed by atoms with van der Waals surface area (Å²) in [7, 11) is 0. The third-order valence-corrected chi connectivity index (χ3v) is 3.12. The van der Waals surface area contributed by atoms with E-state index in [1.54, 1.807) is 18.2 Å². The van der Waals surface area contributed by atoms with Crippen LogP contribution in [0.4, 0.5) is 0 Å². The smallest absolute Gasteiger partial charge is 0.106 e. The molecule has 0 saturated heterocycles. The third kappa shape index (κ3) is 2.68. The molecule has 0 fully saturated rings. The standard InChI is InChI=1S/C9H11BrClNO2/c10-6-2-1-5(3-7(6)11)9(14)8(13)4-12/h1-3,8-9,13-14H,4,12H2. The van der Waals surface area contributed by atoms with Crippen molar-refractivity contribution in [1.29, 1.82) is 0 Å². The molecule has 1 aromatic rings. The van der Waals surface area contributed by atoms with Gasteiger partial charge < -0.3 is 15.9 Å². The molecule has 2 unspecified atom stereocenters. The zero-order chi connectivity index (χ0) is 10.7. The van der Waals surface area contributed by atoms with Gasteiger partial charge in [-0.1, -0.05) is 17.7 Å². The molecular weight excluding hydrogens is 269 g/mol. The number of benzene rings is 1. The fourth-order valence-electron chi connectivity index (χ4n) is 1.05. The van der Waals surface area contributed by atoms with Crippen molar-refractivity contribution in [2.45, 2.75) is 12.2 Å². The van der Waals surface area contributed by atoms with Crippen molar-refractivity contribution in [3.05, 3.63) is 33.3 Å². The second-order valence-electron chi connectivity index (χ2n) is 2.92. The summed E-state index contributed by atoms with van der Waals surface area (Å²) < 4.78 is 0.748. The molecule has 0 aromatic heterocycles. The Hall–Kier alpha value is -0.130. The molecule has 0 aliphatic rings. The summed E-state index contributed by atoms with van der Waals surface area (Å²) in [5.74, 6) is 0. The van der Waals surface area contributed by atoms with E-state index in [1.165, 1.54) is 0 Å². The van der Waals surface area contributed by atoms with Crippen LogP contribution in [0, 0.1) is 0 Å². The molecule has 4 N–H and O–H groups in total. The van der Waals surface area contributed by atoms with E-state index >= 15 is 0 Å². The minimum atomic E-state index is -0.995. The van der Waals surface area contributed by atoms with Crippen LogP contribution in [0.3, 0.4) is 0 Å². The number of rotatable bonds is 3. The van der Waals surface area contributed by atoms with E-state index in [0.717, 1.165) is 4.47 Å². The molecule has 0 bridgehead atoms. The normalized spacial score (nSPS) is 15.2. The molecule has 0 spiro atoms. The van der Waals surface area contributed by atoms with Crippen LogP contribution in [-0.4, -0.2) is 22.9 Å². The predicted octanol–water partition coefficient (Wildman–Crippen LogP) is 1.46. The molecule has 1 aromatic carbocycles. The number of aliphatic hydroxyl groups excluding tert-OH is 2. The van der Waals surface area contributed by atoms with E-state index in [2.05, 4.69) is 15.9 Å². The van der Waals surface area contributed by atoms with Crippen LogP contribution < -0.4 is 5.73 Å². The molecule has 2 atom stereocenters. The van der Waals surface area contributed by atoms with Crippen molar-refractivity contribution in [3.63, 3.8) is 0 Å². The highest BCUT2D eigenvalue weighted by Gasteiger charge is 2.17. The van der Waals surface area contributed by atoms with Crippen LogP contribution in [0.15, 0.2) is 22.7 Å². The maximum atomic E-state index is 9.60. The molecule has 78 valence electrons. The summed E-state index contributed by atoms with van der Waals surface area (Å²) in [4.78, 5) is 0. The first-order valence-electron chi connectivity index (χ1n) is 4.07. The van der Waals surface area contributed by atoms with Gasteiger partial charge in [-0.15, -0.1) is 0 Å². The number of aliphatic hydroxyl groups is 2. The first-order chi connectivity index (χ1) is 6.56. The molecule has 5 heteroatoms. The Kier molecular flexibility index (Phi) is 4.34. The van der Waals surface area contributed by atoms with Crippen LogP contribution in [0.25, 0.3) is 0 Å². The largest absolute Gasteiger partial charge is 0.389 e. The molecule has 0 aliphatic carbocycles. The van der Waals surface area contributed by atoms with Crippen molar-refractivity contribution in [2.75, 3.05) is 6.54 Å². The van der Waals surface area contributed by atoms with Gasteiger partial charge in [0.05, 0.1) is 11.1 Å². The second-order valence-corrected chi connectivity index (χ2v) is 4.18. The molecule has 1 rings (SSSR count). The zero-order valence-corrected chi connectivity index (χ0v) is 9.66. The fourth-order valence-corrected chi connectivity index (χ4v) is 1.48.